The van der Waals surface area contributed by atoms with Crippen LogP contribution in [-0.2, 0) is 0 Å². The second-order valence-electron chi connectivity index (χ2n) is 7.24. The van der Waals surface area contributed by atoms with E-state index in [1.807, 2.05) is 24.0 Å². The molecule has 0 radical (unpaired) electrons. The Morgan fingerprint density at radius 2 is 1.61 bits per heavy atom. The van der Waals surface area contributed by atoms with Gasteiger partial charge in [0.05, 0.1) is 0 Å². The lowest BCUT2D eigenvalue weighted by molar-refractivity contribution is 0.208. The van der Waals surface area contributed by atoms with Gasteiger partial charge in [0.2, 0.25) is 0 Å². The molecule has 1 aromatic carbocycles. The third kappa shape index (κ3) is 4.30. The van der Waals surface area contributed by atoms with Crippen LogP contribution in [0.4, 0.5) is 22.1 Å². The van der Waals surface area contributed by atoms with Gasteiger partial charge in [-0.1, -0.05) is 17.7 Å². The van der Waals surface area contributed by atoms with E-state index in [0.717, 1.165) is 43.6 Å². The van der Waals surface area contributed by atoms with E-state index in [9.17, 15) is 4.79 Å². The van der Waals surface area contributed by atoms with E-state index in [-0.39, 0.29) is 6.03 Å². The molecule has 0 atom stereocenters. The summed E-state index contributed by atoms with van der Waals surface area (Å²) in [7, 11) is 0. The van der Waals surface area contributed by atoms with E-state index in [4.69, 9.17) is 11.6 Å². The molecule has 2 aliphatic heterocycles. The Morgan fingerprint density at radius 3 is 2.25 bits per heavy atom. The SMILES string of the molecule is Cc1nc(N2CCCC2)cc(N2CCN(C(=O)Nc3cccc(Cl)c3)CC2)n1. The number of halogens is 1. The fourth-order valence-corrected chi connectivity index (χ4v) is 3.90. The number of nitrogens with zero attached hydrogens (tertiary/aromatic N) is 5. The van der Waals surface area contributed by atoms with Crippen molar-refractivity contribution in [2.24, 2.45) is 0 Å². The van der Waals surface area contributed by atoms with Crippen molar-refractivity contribution in [1.82, 2.24) is 14.9 Å². The fourth-order valence-electron chi connectivity index (χ4n) is 3.71. The Labute approximate surface area is 170 Å². The van der Waals surface area contributed by atoms with Crippen LogP contribution >= 0.6 is 11.6 Å². The van der Waals surface area contributed by atoms with E-state index in [0.29, 0.717) is 23.8 Å². The molecule has 2 saturated heterocycles. The van der Waals surface area contributed by atoms with Crippen LogP contribution in [0.5, 0.6) is 0 Å². The minimum atomic E-state index is -0.0986. The molecular weight excluding hydrogens is 376 g/mol. The van der Waals surface area contributed by atoms with Gasteiger partial charge in [-0.25, -0.2) is 14.8 Å². The molecule has 2 aliphatic rings. The number of anilines is 3. The smallest absolute Gasteiger partial charge is 0.321 e. The van der Waals surface area contributed by atoms with Crippen LogP contribution in [0.1, 0.15) is 18.7 Å². The number of aryl methyl sites for hydroxylation is 1. The Hall–Kier alpha value is -2.54. The largest absolute Gasteiger partial charge is 0.356 e. The lowest BCUT2D eigenvalue weighted by atomic mass is 10.3. The number of benzene rings is 1. The van der Waals surface area contributed by atoms with Crippen LogP contribution in [0.25, 0.3) is 0 Å². The van der Waals surface area contributed by atoms with E-state index in [2.05, 4.69) is 31.2 Å². The summed E-state index contributed by atoms with van der Waals surface area (Å²) in [6.07, 6.45) is 2.44. The summed E-state index contributed by atoms with van der Waals surface area (Å²) < 4.78 is 0. The van der Waals surface area contributed by atoms with E-state index in [1.165, 1.54) is 12.8 Å². The van der Waals surface area contributed by atoms with E-state index in [1.54, 1.807) is 12.1 Å². The van der Waals surface area contributed by atoms with Crippen LogP contribution in [-0.4, -0.2) is 60.2 Å². The summed E-state index contributed by atoms with van der Waals surface area (Å²) in [6, 6.07) is 9.18. The number of nitrogens with one attached hydrogen (secondary N) is 1. The first-order valence-corrected chi connectivity index (χ1v) is 10.1. The number of piperazine rings is 1. The Morgan fingerprint density at radius 1 is 0.964 bits per heavy atom. The quantitative estimate of drug-likeness (QED) is 0.855. The standard InChI is InChI=1S/C20H25ClN6O/c1-15-22-18(25-7-2-3-8-25)14-19(23-15)26-9-11-27(12-10-26)20(28)24-17-6-4-5-16(21)13-17/h4-6,13-14H,2-3,7-12H2,1H3,(H,24,28). The number of carbonyl (C=O) groups is 1. The Bertz CT molecular complexity index is 846. The maximum atomic E-state index is 12.5. The average Bonchev–Trinajstić information content (AvgIpc) is 3.22. The molecule has 0 bridgehead atoms. The lowest BCUT2D eigenvalue weighted by Crippen LogP contribution is -2.50. The highest BCUT2D eigenvalue weighted by atomic mass is 35.5. The number of hydrogen-bond donors (Lipinski definition) is 1. The van der Waals surface area contributed by atoms with Crippen molar-refractivity contribution < 1.29 is 4.79 Å². The predicted molar refractivity (Wildman–Crippen MR) is 112 cm³/mol. The van der Waals surface area contributed by atoms with E-state index < -0.39 is 0 Å². The minimum Gasteiger partial charge on any atom is -0.356 e. The second kappa shape index (κ2) is 8.22. The molecule has 2 aromatic rings. The minimum absolute atomic E-state index is 0.0986. The maximum absolute atomic E-state index is 12.5. The van der Waals surface area contributed by atoms with Crippen LogP contribution in [0.15, 0.2) is 30.3 Å². The highest BCUT2D eigenvalue weighted by Gasteiger charge is 2.23. The third-order valence-electron chi connectivity index (χ3n) is 5.21. The molecule has 0 saturated carbocycles. The molecular formula is C20H25ClN6O. The molecule has 1 N–H and O–H groups in total. The van der Waals surface area contributed by atoms with Gasteiger partial charge in [-0.3, -0.25) is 0 Å². The second-order valence-corrected chi connectivity index (χ2v) is 7.68. The molecule has 8 heteroatoms. The van der Waals surface area contributed by atoms with Crippen LogP contribution in [0.3, 0.4) is 0 Å². The van der Waals surface area contributed by atoms with Crippen molar-refractivity contribution in [3.05, 3.63) is 41.2 Å². The summed E-state index contributed by atoms with van der Waals surface area (Å²) in [5, 5.41) is 3.52. The van der Waals surface area contributed by atoms with Crippen molar-refractivity contribution in [2.75, 3.05) is 54.4 Å². The maximum Gasteiger partial charge on any atom is 0.321 e. The number of hydrogen-bond acceptors (Lipinski definition) is 5. The average molecular weight is 401 g/mol. The highest BCUT2D eigenvalue weighted by Crippen LogP contribution is 2.23. The third-order valence-corrected chi connectivity index (χ3v) is 5.44. The fraction of sp³-hybridized carbons (Fsp3) is 0.450. The summed E-state index contributed by atoms with van der Waals surface area (Å²) >= 11 is 5.99. The van der Waals surface area contributed by atoms with Gasteiger partial charge in [-0.05, 0) is 38.0 Å². The van der Waals surface area contributed by atoms with Crippen LogP contribution in [0, 0.1) is 6.92 Å². The monoisotopic (exact) mass is 400 g/mol. The molecule has 148 valence electrons. The number of carbonyl (C=O) groups excluding carboxylic acids is 1. The molecule has 0 spiro atoms. The van der Waals surface area contributed by atoms with Crippen molar-refractivity contribution in [3.63, 3.8) is 0 Å². The van der Waals surface area contributed by atoms with Crippen molar-refractivity contribution in [3.8, 4) is 0 Å². The first-order chi connectivity index (χ1) is 13.6. The van der Waals surface area contributed by atoms with Crippen LogP contribution < -0.4 is 15.1 Å². The summed E-state index contributed by atoms with van der Waals surface area (Å²) in [5.41, 5.74) is 0.710. The molecule has 0 unspecified atom stereocenters. The van der Waals surface area contributed by atoms with Gasteiger partial charge in [0.15, 0.2) is 0 Å². The van der Waals surface area contributed by atoms with Crippen LogP contribution in [0.2, 0.25) is 5.02 Å². The van der Waals surface area contributed by atoms with Gasteiger partial charge in [0, 0.05) is 56.0 Å². The number of amides is 2. The number of aromatic nitrogens is 2. The van der Waals surface area contributed by atoms with Gasteiger partial charge < -0.3 is 20.0 Å². The topological polar surface area (TPSA) is 64.6 Å². The molecule has 2 amide bonds. The zero-order valence-electron chi connectivity index (χ0n) is 16.1. The first kappa shape index (κ1) is 18.8. The van der Waals surface area contributed by atoms with Gasteiger partial charge in [-0.15, -0.1) is 0 Å². The first-order valence-electron chi connectivity index (χ1n) is 9.75. The van der Waals surface area contributed by atoms with Crippen molar-refractivity contribution in [2.45, 2.75) is 19.8 Å². The summed E-state index contributed by atoms with van der Waals surface area (Å²) in [4.78, 5) is 28.2. The molecule has 28 heavy (non-hydrogen) atoms. The highest BCUT2D eigenvalue weighted by molar-refractivity contribution is 6.30. The molecule has 1 aromatic heterocycles. The van der Waals surface area contributed by atoms with Crippen molar-refractivity contribution in [1.29, 1.82) is 0 Å². The Balaban J connectivity index is 1.38. The normalized spacial score (nSPS) is 17.1. The van der Waals surface area contributed by atoms with Gasteiger partial charge in [-0.2, -0.15) is 0 Å². The molecule has 2 fully saturated rings. The number of rotatable bonds is 3. The van der Waals surface area contributed by atoms with E-state index >= 15 is 0 Å². The molecule has 3 heterocycles. The van der Waals surface area contributed by atoms with Gasteiger partial charge in [0.1, 0.15) is 17.5 Å². The summed E-state index contributed by atoms with van der Waals surface area (Å²) in [6.45, 7) is 6.86. The van der Waals surface area contributed by atoms with Gasteiger partial charge >= 0.3 is 6.03 Å². The molecule has 7 nitrogen and oxygen atoms in total. The lowest BCUT2D eigenvalue weighted by Gasteiger charge is -2.35. The Kier molecular flexibility index (Phi) is 5.52. The zero-order chi connectivity index (χ0) is 19.5. The summed E-state index contributed by atoms with van der Waals surface area (Å²) in [5.74, 6) is 2.76. The van der Waals surface area contributed by atoms with Gasteiger partial charge in [0.25, 0.3) is 0 Å². The molecule has 0 aliphatic carbocycles. The van der Waals surface area contributed by atoms with Crippen molar-refractivity contribution >= 4 is 35.0 Å². The predicted octanol–water partition coefficient (Wildman–Crippen LogP) is 3.39. The number of urea groups is 1. The zero-order valence-corrected chi connectivity index (χ0v) is 16.8. The molecule has 4 rings (SSSR count).